The third-order valence-electron chi connectivity index (χ3n) is 3.39. The summed E-state index contributed by atoms with van der Waals surface area (Å²) in [6, 6.07) is 6.30. The Morgan fingerprint density at radius 2 is 2.33 bits per heavy atom. The fourth-order valence-corrected chi connectivity index (χ4v) is 3.13. The van der Waals surface area contributed by atoms with Crippen molar-refractivity contribution in [1.29, 1.82) is 0 Å². The quantitative estimate of drug-likeness (QED) is 0.911. The summed E-state index contributed by atoms with van der Waals surface area (Å²) >= 11 is 1.90. The molecule has 0 aliphatic carbocycles. The molecule has 1 heterocycles. The van der Waals surface area contributed by atoms with Crippen molar-refractivity contribution >= 4 is 23.4 Å². The lowest BCUT2D eigenvalue weighted by molar-refractivity contribution is -0.121. The second-order valence-corrected chi connectivity index (χ2v) is 5.91. The monoisotopic (exact) mass is 264 g/mol. The van der Waals surface area contributed by atoms with Gasteiger partial charge in [-0.2, -0.15) is 0 Å². The van der Waals surface area contributed by atoms with Crippen LogP contribution in [0.15, 0.2) is 23.1 Å². The molecular formula is C14H20N2OS. The number of carbonyl (C=O) groups excluding carboxylic acids is 1. The van der Waals surface area contributed by atoms with E-state index in [1.165, 1.54) is 22.6 Å². The van der Waals surface area contributed by atoms with E-state index in [2.05, 4.69) is 12.1 Å². The molecule has 0 fully saturated rings. The zero-order chi connectivity index (χ0) is 13.1. The highest BCUT2D eigenvalue weighted by Gasteiger charge is 2.19. The number of nitrogens with two attached hydrogens (primary N) is 1. The lowest BCUT2D eigenvalue weighted by atomic mass is 10.1. The van der Waals surface area contributed by atoms with Crippen molar-refractivity contribution in [2.45, 2.75) is 24.7 Å². The normalized spacial score (nSPS) is 15.9. The summed E-state index contributed by atoms with van der Waals surface area (Å²) in [5.74, 6) is 1.16. The fraction of sp³-hybridized carbons (Fsp3) is 0.500. The number of rotatable bonds is 3. The molecule has 0 saturated carbocycles. The fourth-order valence-electron chi connectivity index (χ4n) is 2.11. The average molecular weight is 264 g/mol. The van der Waals surface area contributed by atoms with Crippen molar-refractivity contribution < 1.29 is 4.79 Å². The smallest absolute Gasteiger partial charge is 0.230 e. The SMILES string of the molecule is CC(CN)C(=O)N(C)c1ccc2c(c1)CCCS2. The Morgan fingerprint density at radius 3 is 3.06 bits per heavy atom. The number of hydrogen-bond donors (Lipinski definition) is 1. The zero-order valence-corrected chi connectivity index (χ0v) is 11.8. The van der Waals surface area contributed by atoms with E-state index >= 15 is 0 Å². The molecule has 1 aromatic rings. The van der Waals surface area contributed by atoms with Crippen LogP contribution < -0.4 is 10.6 Å². The molecule has 0 spiro atoms. The molecule has 0 saturated heterocycles. The van der Waals surface area contributed by atoms with E-state index in [0.717, 1.165) is 12.1 Å². The van der Waals surface area contributed by atoms with Gasteiger partial charge in [0.2, 0.25) is 5.91 Å². The summed E-state index contributed by atoms with van der Waals surface area (Å²) in [4.78, 5) is 15.2. The first-order chi connectivity index (χ1) is 8.63. The van der Waals surface area contributed by atoms with Crippen molar-refractivity contribution in [3.05, 3.63) is 23.8 Å². The van der Waals surface area contributed by atoms with E-state index < -0.39 is 0 Å². The van der Waals surface area contributed by atoms with Gasteiger partial charge in [-0.15, -0.1) is 11.8 Å². The molecular weight excluding hydrogens is 244 g/mol. The molecule has 18 heavy (non-hydrogen) atoms. The minimum absolute atomic E-state index is 0.0842. The summed E-state index contributed by atoms with van der Waals surface area (Å²) in [6.45, 7) is 2.26. The van der Waals surface area contributed by atoms with Gasteiger partial charge in [0.15, 0.2) is 0 Å². The largest absolute Gasteiger partial charge is 0.330 e. The molecule has 1 aromatic carbocycles. The van der Waals surface area contributed by atoms with E-state index in [4.69, 9.17) is 5.73 Å². The minimum atomic E-state index is -0.125. The second-order valence-electron chi connectivity index (χ2n) is 4.78. The van der Waals surface area contributed by atoms with Crippen molar-refractivity contribution in [2.75, 3.05) is 24.2 Å². The number of hydrogen-bond acceptors (Lipinski definition) is 3. The minimum Gasteiger partial charge on any atom is -0.330 e. The summed E-state index contributed by atoms with van der Waals surface area (Å²) in [5.41, 5.74) is 7.89. The van der Waals surface area contributed by atoms with Crippen LogP contribution in [0, 0.1) is 5.92 Å². The van der Waals surface area contributed by atoms with Gasteiger partial charge in [-0.25, -0.2) is 0 Å². The van der Waals surface area contributed by atoms with Crippen LogP contribution in [-0.4, -0.2) is 25.3 Å². The molecule has 3 nitrogen and oxygen atoms in total. The summed E-state index contributed by atoms with van der Waals surface area (Å²) in [5, 5.41) is 0. The van der Waals surface area contributed by atoms with Crippen LogP contribution >= 0.6 is 11.8 Å². The van der Waals surface area contributed by atoms with Gasteiger partial charge in [0.05, 0.1) is 0 Å². The number of thioether (sulfide) groups is 1. The predicted molar refractivity (Wildman–Crippen MR) is 77.1 cm³/mol. The maximum Gasteiger partial charge on any atom is 0.230 e. The molecule has 1 atom stereocenters. The number of nitrogens with zero attached hydrogens (tertiary/aromatic N) is 1. The lowest BCUT2D eigenvalue weighted by Gasteiger charge is -2.23. The first-order valence-electron chi connectivity index (χ1n) is 6.37. The van der Waals surface area contributed by atoms with Gasteiger partial charge in [-0.1, -0.05) is 6.92 Å². The number of aryl methyl sites for hydroxylation is 1. The Morgan fingerprint density at radius 1 is 1.56 bits per heavy atom. The maximum absolute atomic E-state index is 12.1. The standard InChI is InChI=1S/C14H20N2OS/c1-10(9-15)14(17)16(2)12-5-6-13-11(8-12)4-3-7-18-13/h5-6,8,10H,3-4,7,9,15H2,1-2H3. The van der Waals surface area contributed by atoms with Crippen molar-refractivity contribution in [1.82, 2.24) is 0 Å². The molecule has 0 radical (unpaired) electrons. The van der Waals surface area contributed by atoms with E-state index in [-0.39, 0.29) is 11.8 Å². The number of anilines is 1. The predicted octanol–water partition coefficient (Wildman–Crippen LogP) is 2.28. The van der Waals surface area contributed by atoms with Crippen LogP contribution in [0.4, 0.5) is 5.69 Å². The molecule has 0 aromatic heterocycles. The van der Waals surface area contributed by atoms with Gasteiger partial charge >= 0.3 is 0 Å². The topological polar surface area (TPSA) is 46.3 Å². The molecule has 0 bridgehead atoms. The molecule has 1 amide bonds. The van der Waals surface area contributed by atoms with Crippen molar-refractivity contribution in [3.63, 3.8) is 0 Å². The highest BCUT2D eigenvalue weighted by Crippen LogP contribution is 2.32. The third-order valence-corrected chi connectivity index (χ3v) is 4.59. The lowest BCUT2D eigenvalue weighted by Crippen LogP contribution is -2.35. The van der Waals surface area contributed by atoms with Crippen LogP contribution in [0.1, 0.15) is 18.9 Å². The molecule has 2 rings (SSSR count). The van der Waals surface area contributed by atoms with Crippen LogP contribution in [0.25, 0.3) is 0 Å². The second kappa shape index (κ2) is 5.76. The molecule has 2 N–H and O–H groups in total. The maximum atomic E-state index is 12.1. The molecule has 4 heteroatoms. The van der Waals surface area contributed by atoms with E-state index in [9.17, 15) is 4.79 Å². The van der Waals surface area contributed by atoms with Gasteiger partial charge in [0.1, 0.15) is 0 Å². The van der Waals surface area contributed by atoms with Gasteiger partial charge in [0, 0.05) is 30.1 Å². The highest BCUT2D eigenvalue weighted by molar-refractivity contribution is 7.99. The Labute approximate surface area is 113 Å². The van der Waals surface area contributed by atoms with Gasteiger partial charge in [-0.05, 0) is 42.4 Å². The van der Waals surface area contributed by atoms with Crippen molar-refractivity contribution in [3.8, 4) is 0 Å². The van der Waals surface area contributed by atoms with Crippen LogP contribution in [0.3, 0.4) is 0 Å². The molecule has 1 aliphatic heterocycles. The Hall–Kier alpha value is -1.00. The van der Waals surface area contributed by atoms with E-state index in [1.807, 2.05) is 31.8 Å². The number of benzene rings is 1. The molecule has 1 unspecified atom stereocenters. The van der Waals surface area contributed by atoms with Crippen molar-refractivity contribution in [2.24, 2.45) is 11.7 Å². The van der Waals surface area contributed by atoms with Crippen LogP contribution in [0.2, 0.25) is 0 Å². The van der Waals surface area contributed by atoms with E-state index in [1.54, 1.807) is 4.90 Å². The van der Waals surface area contributed by atoms with E-state index in [0.29, 0.717) is 6.54 Å². The van der Waals surface area contributed by atoms with Gasteiger partial charge < -0.3 is 10.6 Å². The Bertz CT molecular complexity index is 447. The van der Waals surface area contributed by atoms with Crippen LogP contribution in [0.5, 0.6) is 0 Å². The molecule has 98 valence electrons. The van der Waals surface area contributed by atoms with Gasteiger partial charge in [-0.3, -0.25) is 4.79 Å². The molecule has 1 aliphatic rings. The summed E-state index contributed by atoms with van der Waals surface area (Å²) in [6.07, 6.45) is 2.34. The first kappa shape index (κ1) is 13.4. The number of carbonyl (C=O) groups is 1. The first-order valence-corrected chi connectivity index (χ1v) is 7.35. The average Bonchev–Trinajstić information content (AvgIpc) is 2.44. The Balaban J connectivity index is 2.20. The summed E-state index contributed by atoms with van der Waals surface area (Å²) in [7, 11) is 1.83. The zero-order valence-electron chi connectivity index (χ0n) is 11.0. The summed E-state index contributed by atoms with van der Waals surface area (Å²) < 4.78 is 0. The Kier molecular flexibility index (Phi) is 4.30. The van der Waals surface area contributed by atoms with Crippen LogP contribution in [-0.2, 0) is 11.2 Å². The highest BCUT2D eigenvalue weighted by atomic mass is 32.2. The number of amides is 1. The van der Waals surface area contributed by atoms with Gasteiger partial charge in [0.25, 0.3) is 0 Å². The number of fused-ring (bicyclic) bond motifs is 1. The third kappa shape index (κ3) is 2.70.